The van der Waals surface area contributed by atoms with Crippen molar-refractivity contribution in [3.63, 3.8) is 0 Å². The summed E-state index contributed by atoms with van der Waals surface area (Å²) in [5.74, 6) is 1.31. The highest BCUT2D eigenvalue weighted by atomic mass is 16.6. The minimum atomic E-state index is -0.773. The molecule has 0 fully saturated rings. The fraction of sp³-hybridized carbons (Fsp3) is 0.400. The third-order valence-electron chi connectivity index (χ3n) is 5.29. The van der Waals surface area contributed by atoms with Gasteiger partial charge < -0.3 is 19.8 Å². The summed E-state index contributed by atoms with van der Waals surface area (Å²) >= 11 is 0. The van der Waals surface area contributed by atoms with E-state index in [1.807, 2.05) is 65.1 Å². The van der Waals surface area contributed by atoms with Crippen molar-refractivity contribution in [1.82, 2.24) is 20.3 Å². The number of carbonyl (C=O) groups excluding carboxylic acids is 1. The molecule has 170 valence electrons. The molecule has 3 rings (SSSR count). The molecule has 1 aromatic carbocycles. The van der Waals surface area contributed by atoms with Gasteiger partial charge in [-0.1, -0.05) is 19.1 Å². The molecule has 0 saturated heterocycles. The number of aromatic nitrogens is 3. The number of aryl methyl sites for hydroxylation is 1. The second-order valence-corrected chi connectivity index (χ2v) is 8.89. The van der Waals surface area contributed by atoms with E-state index in [0.717, 1.165) is 22.2 Å². The zero-order valence-electron chi connectivity index (χ0n) is 19.7. The summed E-state index contributed by atoms with van der Waals surface area (Å²) in [7, 11) is 1.63. The van der Waals surface area contributed by atoms with Crippen molar-refractivity contribution in [1.29, 1.82) is 0 Å². The molecule has 2 aromatic heterocycles. The van der Waals surface area contributed by atoms with Crippen molar-refractivity contribution >= 4 is 17.0 Å². The molecule has 3 aromatic rings. The van der Waals surface area contributed by atoms with Crippen LogP contribution in [0, 0.1) is 6.92 Å². The quantitative estimate of drug-likeness (QED) is 0.467. The summed E-state index contributed by atoms with van der Waals surface area (Å²) in [5, 5.41) is 4.01. The molecule has 32 heavy (non-hydrogen) atoms. The Balaban J connectivity index is 2.03. The molecule has 0 radical (unpaired) electrons. The van der Waals surface area contributed by atoms with Gasteiger partial charge >= 0.3 is 6.09 Å². The van der Waals surface area contributed by atoms with Crippen LogP contribution in [0.4, 0.5) is 4.79 Å². The summed E-state index contributed by atoms with van der Waals surface area (Å²) in [5.41, 5.74) is 1.99. The van der Waals surface area contributed by atoms with Crippen LogP contribution in [0.1, 0.15) is 52.1 Å². The van der Waals surface area contributed by atoms with Gasteiger partial charge in [0, 0.05) is 28.9 Å². The smallest absolute Gasteiger partial charge is 0.408 e. The molecule has 0 bridgehead atoms. The van der Waals surface area contributed by atoms with Gasteiger partial charge in [0.2, 0.25) is 0 Å². The van der Waals surface area contributed by atoms with Crippen molar-refractivity contribution in [3.8, 4) is 17.0 Å². The number of benzene rings is 1. The first kappa shape index (κ1) is 23.3. The van der Waals surface area contributed by atoms with E-state index in [2.05, 4.69) is 21.9 Å². The SMILES string of the molecule is C=CCC(CC)(NC(=O)OC(C)(C)C)c1nc(-c2cc3ccc(C)nc3cc2OC)c[nH]1. The lowest BCUT2D eigenvalue weighted by Gasteiger charge is -2.32. The minimum Gasteiger partial charge on any atom is -0.496 e. The predicted molar refractivity (Wildman–Crippen MR) is 127 cm³/mol. The number of ether oxygens (including phenoxy) is 2. The lowest BCUT2D eigenvalue weighted by Crippen LogP contribution is -2.48. The first-order valence-corrected chi connectivity index (χ1v) is 10.7. The molecule has 0 aliphatic carbocycles. The zero-order valence-corrected chi connectivity index (χ0v) is 19.7. The number of alkyl carbamates (subject to hydrolysis) is 1. The number of hydrogen-bond donors (Lipinski definition) is 2. The average molecular weight is 437 g/mol. The number of rotatable bonds is 7. The summed E-state index contributed by atoms with van der Waals surface area (Å²) < 4.78 is 11.1. The lowest BCUT2D eigenvalue weighted by atomic mass is 9.91. The number of nitrogens with zero attached hydrogens (tertiary/aromatic N) is 2. The van der Waals surface area contributed by atoms with Gasteiger partial charge in [-0.15, -0.1) is 6.58 Å². The molecule has 1 atom stereocenters. The second kappa shape index (κ2) is 9.02. The van der Waals surface area contributed by atoms with Crippen LogP contribution in [-0.2, 0) is 10.3 Å². The summed E-state index contributed by atoms with van der Waals surface area (Å²) in [6, 6.07) is 7.95. The van der Waals surface area contributed by atoms with E-state index in [0.29, 0.717) is 30.1 Å². The van der Waals surface area contributed by atoms with Crippen LogP contribution in [-0.4, -0.2) is 33.8 Å². The maximum atomic E-state index is 12.6. The number of pyridine rings is 1. The summed E-state index contributed by atoms with van der Waals surface area (Å²) in [6.07, 6.45) is 4.19. The van der Waals surface area contributed by atoms with Gasteiger partial charge in [-0.3, -0.25) is 4.98 Å². The van der Waals surface area contributed by atoms with Gasteiger partial charge in [0.25, 0.3) is 0 Å². The molecule has 2 N–H and O–H groups in total. The molecule has 0 aliphatic rings. The van der Waals surface area contributed by atoms with E-state index < -0.39 is 17.2 Å². The summed E-state index contributed by atoms with van der Waals surface area (Å²) in [4.78, 5) is 25.3. The van der Waals surface area contributed by atoms with Crippen LogP contribution in [0.5, 0.6) is 5.75 Å². The van der Waals surface area contributed by atoms with E-state index in [1.165, 1.54) is 0 Å². The van der Waals surface area contributed by atoms with Gasteiger partial charge in [0.05, 0.1) is 18.3 Å². The molecule has 2 heterocycles. The molecule has 7 nitrogen and oxygen atoms in total. The Hall–Kier alpha value is -3.35. The lowest BCUT2D eigenvalue weighted by molar-refractivity contribution is 0.0443. The maximum Gasteiger partial charge on any atom is 0.408 e. The molecular weight excluding hydrogens is 404 g/mol. The largest absolute Gasteiger partial charge is 0.496 e. The number of amides is 1. The van der Waals surface area contributed by atoms with Gasteiger partial charge in [-0.2, -0.15) is 0 Å². The van der Waals surface area contributed by atoms with Crippen molar-refractivity contribution in [2.75, 3.05) is 7.11 Å². The van der Waals surface area contributed by atoms with Gasteiger partial charge in [-0.25, -0.2) is 9.78 Å². The van der Waals surface area contributed by atoms with Crippen molar-refractivity contribution in [2.24, 2.45) is 0 Å². The van der Waals surface area contributed by atoms with Gasteiger partial charge in [0.15, 0.2) is 0 Å². The molecule has 0 saturated carbocycles. The monoisotopic (exact) mass is 436 g/mol. The van der Waals surface area contributed by atoms with Gasteiger partial charge in [-0.05, 0) is 52.7 Å². The number of H-pyrrole nitrogens is 1. The Bertz CT molecular complexity index is 1130. The fourth-order valence-electron chi connectivity index (χ4n) is 3.68. The highest BCUT2D eigenvalue weighted by Gasteiger charge is 2.36. The number of fused-ring (bicyclic) bond motifs is 1. The Morgan fingerprint density at radius 1 is 1.25 bits per heavy atom. The Labute approximate surface area is 189 Å². The number of nitrogens with one attached hydrogen (secondary N) is 2. The van der Waals surface area contributed by atoms with E-state index >= 15 is 0 Å². The van der Waals surface area contributed by atoms with E-state index in [9.17, 15) is 4.79 Å². The fourth-order valence-corrected chi connectivity index (χ4v) is 3.68. The number of methoxy groups -OCH3 is 1. The average Bonchev–Trinajstić information content (AvgIpc) is 3.21. The van der Waals surface area contributed by atoms with Crippen molar-refractivity contribution in [2.45, 2.75) is 58.6 Å². The number of hydrogen-bond acceptors (Lipinski definition) is 5. The number of aromatic amines is 1. The van der Waals surface area contributed by atoms with Gasteiger partial charge in [0.1, 0.15) is 22.7 Å². The van der Waals surface area contributed by atoms with Crippen LogP contribution in [0.25, 0.3) is 22.2 Å². The normalized spacial score (nSPS) is 13.4. The van der Waals surface area contributed by atoms with E-state index in [-0.39, 0.29) is 0 Å². The van der Waals surface area contributed by atoms with Crippen LogP contribution in [0.15, 0.2) is 43.1 Å². The topological polar surface area (TPSA) is 89.1 Å². The standard InChI is InChI=1S/C25H32N4O3/c1-8-12-25(9-2,29-23(30)32-24(4,5)6)22-26-15-20(28-22)18-13-17-11-10-16(3)27-19(17)14-21(18)31-7/h8,10-11,13-15H,1,9,12H2,2-7H3,(H,26,28)(H,29,30). The number of carbonyl (C=O) groups is 1. The molecule has 0 spiro atoms. The first-order chi connectivity index (χ1) is 15.1. The summed E-state index contributed by atoms with van der Waals surface area (Å²) in [6.45, 7) is 13.3. The second-order valence-electron chi connectivity index (χ2n) is 8.89. The van der Waals surface area contributed by atoms with Crippen LogP contribution < -0.4 is 10.1 Å². The first-order valence-electron chi connectivity index (χ1n) is 10.7. The third-order valence-corrected chi connectivity index (χ3v) is 5.29. The van der Waals surface area contributed by atoms with Crippen LogP contribution >= 0.6 is 0 Å². The Morgan fingerprint density at radius 3 is 2.62 bits per heavy atom. The zero-order chi connectivity index (χ0) is 23.5. The third kappa shape index (κ3) is 4.93. The highest BCUT2D eigenvalue weighted by molar-refractivity contribution is 5.87. The van der Waals surface area contributed by atoms with Crippen LogP contribution in [0.2, 0.25) is 0 Å². The Kier molecular flexibility index (Phi) is 6.57. The molecule has 1 unspecified atom stereocenters. The molecule has 7 heteroatoms. The number of imidazole rings is 1. The predicted octanol–water partition coefficient (Wildman–Crippen LogP) is 5.65. The van der Waals surface area contributed by atoms with Crippen LogP contribution in [0.3, 0.4) is 0 Å². The van der Waals surface area contributed by atoms with E-state index in [4.69, 9.17) is 14.5 Å². The van der Waals surface area contributed by atoms with E-state index in [1.54, 1.807) is 13.2 Å². The maximum absolute atomic E-state index is 12.6. The molecule has 0 aliphatic heterocycles. The van der Waals surface area contributed by atoms with Crippen molar-refractivity contribution in [3.05, 3.63) is 54.6 Å². The highest BCUT2D eigenvalue weighted by Crippen LogP contribution is 2.35. The molecule has 1 amide bonds. The minimum absolute atomic E-state index is 0.494. The van der Waals surface area contributed by atoms with Crippen molar-refractivity contribution < 1.29 is 14.3 Å². The molecular formula is C25H32N4O3. The Morgan fingerprint density at radius 2 is 2.00 bits per heavy atom.